The van der Waals surface area contributed by atoms with E-state index >= 15 is 0 Å². The van der Waals surface area contributed by atoms with Gasteiger partial charge in [-0.15, -0.1) is 0 Å². The van der Waals surface area contributed by atoms with Crippen LogP contribution < -0.4 is 20.1 Å². The Morgan fingerprint density at radius 2 is 1.72 bits per heavy atom. The Kier molecular flexibility index (Phi) is 6.25. The highest BCUT2D eigenvalue weighted by molar-refractivity contribution is 6.30. The second-order valence-corrected chi connectivity index (χ2v) is 5.66. The molecule has 2 rings (SSSR count). The molecule has 0 bridgehead atoms. The number of anilines is 1. The average molecular weight is 363 g/mol. The van der Waals surface area contributed by atoms with Crippen LogP contribution in [0.2, 0.25) is 5.02 Å². The highest BCUT2D eigenvalue weighted by atomic mass is 35.5. The number of nitrogens with one attached hydrogen (secondary N) is 2. The van der Waals surface area contributed by atoms with Crippen LogP contribution in [0.25, 0.3) is 0 Å². The Labute approximate surface area is 151 Å². The molecule has 2 aromatic carbocycles. The lowest BCUT2D eigenvalue weighted by atomic mass is 10.1. The first-order chi connectivity index (χ1) is 12.0. The number of rotatable bonds is 6. The van der Waals surface area contributed by atoms with E-state index in [1.807, 2.05) is 6.92 Å². The van der Waals surface area contributed by atoms with E-state index in [1.54, 1.807) is 36.4 Å². The van der Waals surface area contributed by atoms with Gasteiger partial charge in [-0.2, -0.15) is 0 Å². The van der Waals surface area contributed by atoms with Crippen molar-refractivity contribution in [3.63, 3.8) is 0 Å². The molecule has 25 heavy (non-hydrogen) atoms. The van der Waals surface area contributed by atoms with Crippen molar-refractivity contribution in [2.24, 2.45) is 0 Å². The Hall–Kier alpha value is -2.73. The van der Waals surface area contributed by atoms with Crippen LogP contribution in [0.15, 0.2) is 36.4 Å². The number of carbonyl (C=O) groups is 2. The highest BCUT2D eigenvalue weighted by Gasteiger charge is 2.18. The van der Waals surface area contributed by atoms with Crippen molar-refractivity contribution in [3.8, 4) is 11.5 Å². The van der Waals surface area contributed by atoms with E-state index in [0.29, 0.717) is 22.2 Å². The monoisotopic (exact) mass is 362 g/mol. The summed E-state index contributed by atoms with van der Waals surface area (Å²) >= 11 is 5.89. The van der Waals surface area contributed by atoms with E-state index in [2.05, 4.69) is 10.6 Å². The van der Waals surface area contributed by atoms with Crippen molar-refractivity contribution in [3.05, 3.63) is 52.5 Å². The maximum Gasteiger partial charge on any atom is 0.259 e. The van der Waals surface area contributed by atoms with Crippen LogP contribution in [0.3, 0.4) is 0 Å². The summed E-state index contributed by atoms with van der Waals surface area (Å²) in [6.45, 7) is 1.64. The van der Waals surface area contributed by atoms with Crippen LogP contribution in [0.5, 0.6) is 11.5 Å². The molecule has 0 aliphatic heterocycles. The molecule has 0 unspecified atom stereocenters. The number of ether oxygens (including phenoxy) is 2. The third kappa shape index (κ3) is 4.64. The third-order valence-corrected chi connectivity index (χ3v) is 3.76. The van der Waals surface area contributed by atoms with E-state index in [4.69, 9.17) is 21.1 Å². The van der Waals surface area contributed by atoms with Gasteiger partial charge in [0.2, 0.25) is 5.91 Å². The normalized spacial score (nSPS) is 10.1. The van der Waals surface area contributed by atoms with Gasteiger partial charge in [-0.3, -0.25) is 9.59 Å². The molecular weight excluding hydrogens is 344 g/mol. The standard InChI is InChI=1S/C18H19ClN2O4/c1-11-9-12(19)7-8-13(11)21-16(22)10-20-18(23)17-14(24-2)5-4-6-15(17)25-3/h4-9H,10H2,1-3H3,(H,20,23)(H,21,22). The lowest BCUT2D eigenvalue weighted by Gasteiger charge is -2.13. The van der Waals surface area contributed by atoms with Crippen molar-refractivity contribution in [1.29, 1.82) is 0 Å². The Bertz CT molecular complexity index is 770. The minimum atomic E-state index is -0.461. The van der Waals surface area contributed by atoms with E-state index in [9.17, 15) is 9.59 Å². The number of carbonyl (C=O) groups excluding carboxylic acids is 2. The molecule has 0 radical (unpaired) electrons. The maximum atomic E-state index is 12.4. The summed E-state index contributed by atoms with van der Waals surface area (Å²) in [5.74, 6) is -0.0819. The van der Waals surface area contributed by atoms with Gasteiger partial charge < -0.3 is 20.1 Å². The van der Waals surface area contributed by atoms with Gasteiger partial charge in [0.05, 0.1) is 20.8 Å². The third-order valence-electron chi connectivity index (χ3n) is 3.53. The van der Waals surface area contributed by atoms with Crippen molar-refractivity contribution >= 4 is 29.1 Å². The fraction of sp³-hybridized carbons (Fsp3) is 0.222. The molecular formula is C18H19ClN2O4. The van der Waals surface area contributed by atoms with E-state index in [1.165, 1.54) is 14.2 Å². The smallest absolute Gasteiger partial charge is 0.259 e. The summed E-state index contributed by atoms with van der Waals surface area (Å²) in [6.07, 6.45) is 0. The fourth-order valence-electron chi connectivity index (χ4n) is 2.29. The van der Waals surface area contributed by atoms with Gasteiger partial charge in [0.15, 0.2) is 0 Å². The molecule has 2 amide bonds. The van der Waals surface area contributed by atoms with Gasteiger partial charge >= 0.3 is 0 Å². The molecule has 0 fully saturated rings. The Morgan fingerprint density at radius 1 is 1.08 bits per heavy atom. The lowest BCUT2D eigenvalue weighted by molar-refractivity contribution is -0.115. The minimum absolute atomic E-state index is 0.192. The quantitative estimate of drug-likeness (QED) is 0.828. The second-order valence-electron chi connectivity index (χ2n) is 5.23. The molecule has 0 saturated carbocycles. The Morgan fingerprint density at radius 3 is 2.28 bits per heavy atom. The molecule has 0 aromatic heterocycles. The maximum absolute atomic E-state index is 12.4. The van der Waals surface area contributed by atoms with Crippen LogP contribution >= 0.6 is 11.6 Å². The highest BCUT2D eigenvalue weighted by Crippen LogP contribution is 2.27. The SMILES string of the molecule is COc1cccc(OC)c1C(=O)NCC(=O)Nc1ccc(Cl)cc1C. The molecule has 6 nitrogen and oxygen atoms in total. The fourth-order valence-corrected chi connectivity index (χ4v) is 2.51. The van der Waals surface area contributed by atoms with Gasteiger partial charge in [-0.1, -0.05) is 17.7 Å². The van der Waals surface area contributed by atoms with Gasteiger partial charge in [0, 0.05) is 10.7 Å². The van der Waals surface area contributed by atoms with Crippen LogP contribution in [-0.4, -0.2) is 32.6 Å². The molecule has 0 spiro atoms. The first kappa shape index (κ1) is 18.6. The van der Waals surface area contributed by atoms with Crippen LogP contribution in [0.1, 0.15) is 15.9 Å². The molecule has 132 valence electrons. The summed E-state index contributed by atoms with van der Waals surface area (Å²) in [5, 5.41) is 5.88. The number of halogens is 1. The predicted molar refractivity (Wildman–Crippen MR) is 96.7 cm³/mol. The van der Waals surface area contributed by atoms with E-state index < -0.39 is 5.91 Å². The van der Waals surface area contributed by atoms with Gasteiger partial charge in [-0.25, -0.2) is 0 Å². The van der Waals surface area contributed by atoms with Gasteiger partial charge in [0.1, 0.15) is 17.1 Å². The number of benzene rings is 2. The largest absolute Gasteiger partial charge is 0.496 e. The van der Waals surface area contributed by atoms with Crippen LogP contribution in [0.4, 0.5) is 5.69 Å². The molecule has 2 aromatic rings. The number of methoxy groups -OCH3 is 2. The molecule has 0 aliphatic carbocycles. The van der Waals surface area contributed by atoms with Crippen LogP contribution in [0, 0.1) is 6.92 Å². The zero-order valence-electron chi connectivity index (χ0n) is 14.2. The summed E-state index contributed by atoms with van der Waals surface area (Å²) in [4.78, 5) is 24.5. The zero-order chi connectivity index (χ0) is 18.4. The zero-order valence-corrected chi connectivity index (χ0v) is 14.9. The lowest BCUT2D eigenvalue weighted by Crippen LogP contribution is -2.33. The van der Waals surface area contributed by atoms with Crippen molar-refractivity contribution in [1.82, 2.24) is 5.32 Å². The summed E-state index contributed by atoms with van der Waals surface area (Å²) < 4.78 is 10.4. The first-order valence-electron chi connectivity index (χ1n) is 7.51. The predicted octanol–water partition coefficient (Wildman–Crippen LogP) is 3.03. The second kappa shape index (κ2) is 8.39. The molecule has 2 N–H and O–H groups in total. The minimum Gasteiger partial charge on any atom is -0.496 e. The average Bonchev–Trinajstić information content (AvgIpc) is 2.61. The topological polar surface area (TPSA) is 76.7 Å². The number of amides is 2. The number of hydrogen-bond acceptors (Lipinski definition) is 4. The molecule has 0 aliphatic rings. The summed E-state index contributed by atoms with van der Waals surface area (Å²) in [6, 6.07) is 10.1. The molecule has 0 atom stereocenters. The van der Waals surface area contributed by atoms with E-state index in [0.717, 1.165) is 5.56 Å². The molecule has 0 heterocycles. The summed E-state index contributed by atoms with van der Waals surface area (Å²) in [5.41, 5.74) is 1.71. The number of aryl methyl sites for hydroxylation is 1. The Balaban J connectivity index is 2.04. The molecule has 0 saturated heterocycles. The first-order valence-corrected chi connectivity index (χ1v) is 7.89. The van der Waals surface area contributed by atoms with Crippen LogP contribution in [-0.2, 0) is 4.79 Å². The van der Waals surface area contributed by atoms with Crippen molar-refractivity contribution in [2.45, 2.75) is 6.92 Å². The number of hydrogen-bond donors (Lipinski definition) is 2. The van der Waals surface area contributed by atoms with Gasteiger partial charge in [0.25, 0.3) is 5.91 Å². The van der Waals surface area contributed by atoms with E-state index in [-0.39, 0.29) is 18.0 Å². The summed E-state index contributed by atoms with van der Waals surface area (Å²) in [7, 11) is 2.92. The van der Waals surface area contributed by atoms with Crippen molar-refractivity contribution < 1.29 is 19.1 Å². The van der Waals surface area contributed by atoms with Crippen molar-refractivity contribution in [2.75, 3.05) is 26.1 Å². The molecule has 7 heteroatoms. The van der Waals surface area contributed by atoms with Gasteiger partial charge in [-0.05, 0) is 42.8 Å².